The molecule has 5 aromatic rings. The van der Waals surface area contributed by atoms with Gasteiger partial charge >= 0.3 is 0 Å². The summed E-state index contributed by atoms with van der Waals surface area (Å²) in [5, 5.41) is 15.2. The van der Waals surface area contributed by atoms with Gasteiger partial charge in [-0.15, -0.1) is 11.3 Å². The van der Waals surface area contributed by atoms with Crippen LogP contribution < -0.4 is 5.32 Å². The SMILES string of the molecule is N#Cc1cc(-c2cc3scnc3nc2[C@H](Cc2cc(F)cc(F)c2)NC(=O)Cn2nc(C(F)F)c3c2C(F)(F)CCC3(F)F)ccc1F. The van der Waals surface area contributed by atoms with Crippen LogP contribution in [0, 0.1) is 28.8 Å². The van der Waals surface area contributed by atoms with E-state index in [1.807, 2.05) is 0 Å². The van der Waals surface area contributed by atoms with Crippen molar-refractivity contribution in [1.29, 1.82) is 5.26 Å². The molecule has 0 bridgehead atoms. The molecule has 17 heteroatoms. The van der Waals surface area contributed by atoms with Crippen LogP contribution in [-0.2, 0) is 29.6 Å². The molecule has 6 rings (SSSR count). The number of nitrogens with zero attached hydrogens (tertiary/aromatic N) is 5. The van der Waals surface area contributed by atoms with Crippen LogP contribution in [-0.4, -0.2) is 25.7 Å². The van der Waals surface area contributed by atoms with Crippen molar-refractivity contribution in [1.82, 2.24) is 25.1 Å². The van der Waals surface area contributed by atoms with E-state index < -0.39 is 90.4 Å². The maximum absolute atomic E-state index is 15.0. The van der Waals surface area contributed by atoms with Gasteiger partial charge in [0, 0.05) is 24.5 Å². The predicted molar refractivity (Wildman–Crippen MR) is 153 cm³/mol. The number of fused-ring (bicyclic) bond motifs is 2. The molecule has 0 spiro atoms. The maximum Gasteiger partial charge on any atom is 0.290 e. The van der Waals surface area contributed by atoms with Crippen molar-refractivity contribution >= 4 is 27.6 Å². The van der Waals surface area contributed by atoms with Gasteiger partial charge in [0.05, 0.1) is 33.1 Å². The molecular weight excluding hydrogens is 675 g/mol. The third-order valence-corrected chi connectivity index (χ3v) is 8.49. The molecule has 1 amide bonds. The average Bonchev–Trinajstić information content (AvgIpc) is 3.64. The van der Waals surface area contributed by atoms with Crippen molar-refractivity contribution in [2.75, 3.05) is 0 Å². The molecule has 0 radical (unpaired) electrons. The Morgan fingerprint density at radius 1 is 1.00 bits per heavy atom. The number of alkyl halides is 6. The average molecular weight is 695 g/mol. The lowest BCUT2D eigenvalue weighted by atomic mass is 9.89. The van der Waals surface area contributed by atoms with E-state index in [4.69, 9.17) is 0 Å². The summed E-state index contributed by atoms with van der Waals surface area (Å²) in [4.78, 5) is 22.1. The number of thiazole rings is 1. The van der Waals surface area contributed by atoms with Crippen molar-refractivity contribution in [3.8, 4) is 17.2 Å². The summed E-state index contributed by atoms with van der Waals surface area (Å²) in [6.07, 6.45) is -6.86. The van der Waals surface area contributed by atoms with Gasteiger partial charge < -0.3 is 5.32 Å². The van der Waals surface area contributed by atoms with Crippen molar-refractivity contribution < 1.29 is 44.3 Å². The first-order valence-corrected chi connectivity index (χ1v) is 14.9. The zero-order valence-corrected chi connectivity index (χ0v) is 24.9. The van der Waals surface area contributed by atoms with E-state index in [1.54, 1.807) is 12.1 Å². The Balaban J connectivity index is 1.46. The Bertz CT molecular complexity index is 2090. The lowest BCUT2D eigenvalue weighted by molar-refractivity contribution is -0.123. The minimum absolute atomic E-state index is 0.0108. The zero-order chi connectivity index (χ0) is 34.5. The van der Waals surface area contributed by atoms with Crippen LogP contribution in [0.25, 0.3) is 21.5 Å². The van der Waals surface area contributed by atoms with Gasteiger partial charge in [-0.05, 0) is 47.9 Å². The molecule has 0 saturated heterocycles. The molecule has 0 unspecified atom stereocenters. The number of hydrogen-bond donors (Lipinski definition) is 1. The predicted octanol–water partition coefficient (Wildman–Crippen LogP) is 7.86. The zero-order valence-electron chi connectivity index (χ0n) is 24.1. The van der Waals surface area contributed by atoms with Gasteiger partial charge in [-0.3, -0.25) is 9.48 Å². The van der Waals surface area contributed by atoms with Gasteiger partial charge in [0.25, 0.3) is 18.3 Å². The molecule has 3 heterocycles. The van der Waals surface area contributed by atoms with Crippen LogP contribution in [0.5, 0.6) is 0 Å². The van der Waals surface area contributed by atoms with Gasteiger partial charge in [-0.1, -0.05) is 6.07 Å². The first-order chi connectivity index (χ1) is 22.7. The third-order valence-electron chi connectivity index (χ3n) is 7.72. The number of nitriles is 1. The van der Waals surface area contributed by atoms with Crippen LogP contribution in [0.15, 0.2) is 48.0 Å². The van der Waals surface area contributed by atoms with Gasteiger partial charge in [-0.2, -0.15) is 19.1 Å². The highest BCUT2D eigenvalue weighted by Gasteiger charge is 2.55. The fourth-order valence-corrected chi connectivity index (χ4v) is 6.34. The van der Waals surface area contributed by atoms with Gasteiger partial charge in [0.2, 0.25) is 5.91 Å². The lowest BCUT2D eigenvalue weighted by Crippen LogP contribution is -2.37. The molecule has 3 aromatic heterocycles. The van der Waals surface area contributed by atoms with Crippen LogP contribution in [0.3, 0.4) is 0 Å². The number of aromatic nitrogens is 4. The van der Waals surface area contributed by atoms with Crippen LogP contribution in [0.1, 0.15) is 59.1 Å². The van der Waals surface area contributed by atoms with Gasteiger partial charge in [-0.25, -0.2) is 40.7 Å². The van der Waals surface area contributed by atoms with Crippen molar-refractivity contribution in [3.63, 3.8) is 0 Å². The van der Waals surface area contributed by atoms with E-state index in [0.717, 1.165) is 18.2 Å². The van der Waals surface area contributed by atoms with Crippen molar-refractivity contribution in [2.45, 2.75) is 50.1 Å². The van der Waals surface area contributed by atoms with E-state index in [-0.39, 0.29) is 38.3 Å². The fourth-order valence-electron chi connectivity index (χ4n) is 5.68. The Labute approximate surface area is 268 Å². The summed E-state index contributed by atoms with van der Waals surface area (Å²) in [5.41, 5.74) is -3.06. The summed E-state index contributed by atoms with van der Waals surface area (Å²) < 4.78 is 130. The number of benzene rings is 2. The monoisotopic (exact) mass is 694 g/mol. The Morgan fingerprint density at radius 2 is 1.71 bits per heavy atom. The highest BCUT2D eigenvalue weighted by molar-refractivity contribution is 7.16. The molecule has 0 aliphatic heterocycles. The highest BCUT2D eigenvalue weighted by Crippen LogP contribution is 2.52. The van der Waals surface area contributed by atoms with Crippen molar-refractivity contribution in [3.05, 3.63) is 99.2 Å². The number of nitrogens with one attached hydrogen (secondary N) is 1. The summed E-state index contributed by atoms with van der Waals surface area (Å²) >= 11 is 1.17. The molecule has 2 aromatic carbocycles. The fraction of sp³-hybridized carbons (Fsp3) is 0.258. The van der Waals surface area contributed by atoms with Crippen LogP contribution >= 0.6 is 11.3 Å². The van der Waals surface area contributed by atoms with E-state index in [0.29, 0.717) is 10.8 Å². The number of halogens is 9. The van der Waals surface area contributed by atoms with Gasteiger partial charge in [0.15, 0.2) is 5.65 Å². The Kier molecular flexibility index (Phi) is 8.40. The number of amides is 1. The summed E-state index contributed by atoms with van der Waals surface area (Å²) in [5.74, 6) is -12.1. The molecule has 7 nitrogen and oxygen atoms in total. The summed E-state index contributed by atoms with van der Waals surface area (Å²) in [6.45, 7) is -1.22. The number of rotatable bonds is 8. The Morgan fingerprint density at radius 3 is 2.40 bits per heavy atom. The summed E-state index contributed by atoms with van der Waals surface area (Å²) in [6, 6.07) is 7.95. The number of hydrogen-bond acceptors (Lipinski definition) is 6. The van der Waals surface area contributed by atoms with Crippen LogP contribution in [0.4, 0.5) is 39.5 Å². The molecule has 1 atom stereocenters. The normalized spacial score (nSPS) is 15.7. The molecular formula is C31H19F9N6OS. The molecule has 0 fully saturated rings. The third kappa shape index (κ3) is 6.19. The van der Waals surface area contributed by atoms with E-state index in [9.17, 15) is 49.6 Å². The second-order valence-corrected chi connectivity index (χ2v) is 11.9. The first kappa shape index (κ1) is 32.9. The Hall–Kier alpha value is -4.98. The van der Waals surface area contributed by atoms with E-state index in [1.165, 1.54) is 29.0 Å². The quantitative estimate of drug-likeness (QED) is 0.167. The minimum atomic E-state index is -4.07. The first-order valence-electron chi connectivity index (χ1n) is 14.0. The number of carbonyl (C=O) groups excluding carboxylic acids is 1. The molecule has 1 aliphatic carbocycles. The minimum Gasteiger partial charge on any atom is -0.346 e. The standard InChI is InChI=1S/C31H19F9N6OS/c32-17-5-14(6-18(33)9-17)7-21(25-19(10-22-29(44-25)42-13-48-22)15-1-2-20(34)16(8-15)11-41)43-23(47)12-46-27-24(26(45-46)28(35)36)30(37,38)3-4-31(27,39)40/h1-2,5-6,8-10,13,21,28H,3-4,7,12H2,(H,43,47)/t21-/m0/s1. The van der Waals surface area contributed by atoms with E-state index in [2.05, 4.69) is 20.4 Å². The molecule has 1 aliphatic rings. The molecule has 48 heavy (non-hydrogen) atoms. The largest absolute Gasteiger partial charge is 0.346 e. The second-order valence-electron chi connectivity index (χ2n) is 11.0. The molecule has 1 N–H and O–H groups in total. The number of carbonyl (C=O) groups is 1. The topological polar surface area (TPSA) is 96.5 Å². The highest BCUT2D eigenvalue weighted by atomic mass is 32.1. The molecule has 248 valence electrons. The smallest absolute Gasteiger partial charge is 0.290 e. The van der Waals surface area contributed by atoms with Crippen molar-refractivity contribution in [2.24, 2.45) is 0 Å². The lowest BCUT2D eigenvalue weighted by Gasteiger charge is -2.29. The maximum atomic E-state index is 15.0. The second kappa shape index (κ2) is 12.2. The summed E-state index contributed by atoms with van der Waals surface area (Å²) in [7, 11) is 0. The number of pyridine rings is 1. The van der Waals surface area contributed by atoms with Crippen LogP contribution in [0.2, 0.25) is 0 Å². The van der Waals surface area contributed by atoms with Gasteiger partial charge in [0.1, 0.15) is 41.5 Å². The molecule has 0 saturated carbocycles. The van der Waals surface area contributed by atoms with E-state index >= 15 is 0 Å².